The van der Waals surface area contributed by atoms with Gasteiger partial charge in [0.2, 0.25) is 6.73 Å². The Morgan fingerprint density at radius 3 is 2.71 bits per heavy atom. The fourth-order valence-corrected chi connectivity index (χ4v) is 4.84. The van der Waals surface area contributed by atoms with Gasteiger partial charge in [0, 0.05) is 13.3 Å². The summed E-state index contributed by atoms with van der Waals surface area (Å²) < 4.78 is 10.5. The highest BCUT2D eigenvalue weighted by Crippen LogP contribution is 2.40. The molecule has 0 spiro atoms. The third-order valence-corrected chi connectivity index (χ3v) is 6.97. The topological polar surface area (TPSA) is 108 Å². The van der Waals surface area contributed by atoms with Gasteiger partial charge >= 0.3 is 11.9 Å². The molecule has 1 saturated heterocycles. The molecule has 0 unspecified atom stereocenters. The minimum absolute atomic E-state index is 0.00272. The van der Waals surface area contributed by atoms with Crippen LogP contribution < -0.4 is 5.32 Å². The molecule has 31 heavy (non-hydrogen) atoms. The van der Waals surface area contributed by atoms with Crippen LogP contribution in [0, 0.1) is 23.7 Å². The molecule has 1 aromatic rings. The summed E-state index contributed by atoms with van der Waals surface area (Å²) in [6, 6.07) is -0.169. The van der Waals surface area contributed by atoms with Crippen LogP contribution in [0.1, 0.15) is 71.5 Å². The molecular weight excluding hydrogens is 398 g/mol. The van der Waals surface area contributed by atoms with Crippen molar-refractivity contribution < 1.29 is 19.1 Å². The standard InChI is InChI=1S/C22H37N5O4/c1-4-16(5-2)13-30-22(29)20-11-19-10-17(6-8-18(19)12-23-20)7-9-21-24-26-27(25-21)14-31-15(3)28/h16-20,23H,4-14H2,1-3H3/t17-,18+,19-,20+/m1/s1. The molecule has 174 valence electrons. The van der Waals surface area contributed by atoms with Gasteiger partial charge in [0.05, 0.1) is 6.61 Å². The predicted octanol–water partition coefficient (Wildman–Crippen LogP) is 2.50. The summed E-state index contributed by atoms with van der Waals surface area (Å²) in [6.45, 7) is 7.08. The first-order valence-electron chi connectivity index (χ1n) is 11.8. The Balaban J connectivity index is 1.43. The van der Waals surface area contributed by atoms with E-state index in [-0.39, 0.29) is 24.7 Å². The van der Waals surface area contributed by atoms with Crippen molar-refractivity contribution in [1.82, 2.24) is 25.5 Å². The van der Waals surface area contributed by atoms with Crippen molar-refractivity contribution in [2.24, 2.45) is 23.7 Å². The van der Waals surface area contributed by atoms with Crippen LogP contribution in [-0.4, -0.2) is 51.3 Å². The zero-order valence-corrected chi connectivity index (χ0v) is 19.1. The van der Waals surface area contributed by atoms with E-state index in [0.717, 1.165) is 45.1 Å². The fraction of sp³-hybridized carbons (Fsp3) is 0.864. The Morgan fingerprint density at radius 2 is 1.97 bits per heavy atom. The zero-order valence-electron chi connectivity index (χ0n) is 19.1. The molecule has 3 rings (SSSR count). The predicted molar refractivity (Wildman–Crippen MR) is 114 cm³/mol. The Bertz CT molecular complexity index is 721. The second-order valence-corrected chi connectivity index (χ2v) is 9.09. The summed E-state index contributed by atoms with van der Waals surface area (Å²) in [4.78, 5) is 24.7. The Hall–Kier alpha value is -2.03. The maximum absolute atomic E-state index is 12.6. The first-order chi connectivity index (χ1) is 15.0. The minimum Gasteiger partial charge on any atom is -0.464 e. The first-order valence-corrected chi connectivity index (χ1v) is 11.8. The van der Waals surface area contributed by atoms with Crippen molar-refractivity contribution in [3.8, 4) is 0 Å². The third kappa shape index (κ3) is 6.98. The molecule has 2 aliphatic rings. The van der Waals surface area contributed by atoms with Gasteiger partial charge in [-0.2, -0.15) is 0 Å². The van der Waals surface area contributed by atoms with Crippen LogP contribution in [0.3, 0.4) is 0 Å². The highest BCUT2D eigenvalue weighted by molar-refractivity contribution is 5.76. The molecule has 2 heterocycles. The molecule has 0 bridgehead atoms. The van der Waals surface area contributed by atoms with Gasteiger partial charge in [-0.1, -0.05) is 33.1 Å². The molecular formula is C22H37N5O4. The van der Waals surface area contributed by atoms with Crippen molar-refractivity contribution in [3.63, 3.8) is 0 Å². The lowest BCUT2D eigenvalue weighted by molar-refractivity contribution is -0.149. The van der Waals surface area contributed by atoms with Crippen LogP contribution in [0.2, 0.25) is 0 Å². The Labute approximate surface area is 184 Å². The largest absolute Gasteiger partial charge is 0.464 e. The van der Waals surface area contributed by atoms with E-state index in [4.69, 9.17) is 9.47 Å². The molecule has 1 aromatic heterocycles. The number of rotatable bonds is 10. The molecule has 1 N–H and O–H groups in total. The lowest BCUT2D eigenvalue weighted by atomic mass is 9.69. The molecule has 9 nitrogen and oxygen atoms in total. The molecule has 2 fully saturated rings. The summed E-state index contributed by atoms with van der Waals surface area (Å²) in [7, 11) is 0. The average molecular weight is 436 g/mol. The molecule has 1 aliphatic heterocycles. The Kier molecular flexibility index (Phi) is 8.80. The number of aryl methyl sites for hydroxylation is 1. The van der Waals surface area contributed by atoms with E-state index < -0.39 is 0 Å². The van der Waals surface area contributed by atoms with E-state index in [2.05, 4.69) is 34.6 Å². The van der Waals surface area contributed by atoms with Crippen LogP contribution in [0.5, 0.6) is 0 Å². The third-order valence-electron chi connectivity index (χ3n) is 6.97. The van der Waals surface area contributed by atoms with Crippen LogP contribution in [-0.2, 0) is 32.2 Å². The van der Waals surface area contributed by atoms with E-state index in [0.29, 0.717) is 36.1 Å². The summed E-state index contributed by atoms with van der Waals surface area (Å²) in [5.41, 5.74) is 0. The lowest BCUT2D eigenvalue weighted by Crippen LogP contribution is -2.50. The number of hydrogen-bond acceptors (Lipinski definition) is 8. The number of fused-ring (bicyclic) bond motifs is 1. The monoisotopic (exact) mass is 435 g/mol. The first kappa shape index (κ1) is 23.6. The second-order valence-electron chi connectivity index (χ2n) is 9.09. The number of esters is 2. The molecule has 1 saturated carbocycles. The van der Waals surface area contributed by atoms with Crippen molar-refractivity contribution in [3.05, 3.63) is 5.82 Å². The van der Waals surface area contributed by atoms with E-state index in [1.807, 2.05) is 0 Å². The van der Waals surface area contributed by atoms with Crippen LogP contribution in [0.4, 0.5) is 0 Å². The average Bonchev–Trinajstić information content (AvgIpc) is 3.24. The number of nitrogens with one attached hydrogen (secondary N) is 1. The normalized spacial score (nSPS) is 25.8. The van der Waals surface area contributed by atoms with Gasteiger partial charge in [-0.25, -0.2) is 0 Å². The number of hydrogen-bond donors (Lipinski definition) is 1. The quantitative estimate of drug-likeness (QED) is 0.559. The molecule has 0 radical (unpaired) electrons. The molecule has 0 amide bonds. The van der Waals surface area contributed by atoms with Crippen LogP contribution in [0.15, 0.2) is 0 Å². The van der Waals surface area contributed by atoms with Crippen molar-refractivity contribution in [2.45, 2.75) is 84.9 Å². The summed E-state index contributed by atoms with van der Waals surface area (Å²) in [6.07, 6.45) is 8.28. The van der Waals surface area contributed by atoms with Gasteiger partial charge in [-0.15, -0.1) is 15.0 Å². The number of aromatic nitrogens is 4. The number of ether oxygens (including phenoxy) is 2. The summed E-state index contributed by atoms with van der Waals surface area (Å²) in [5, 5.41) is 15.7. The lowest BCUT2D eigenvalue weighted by Gasteiger charge is -2.42. The molecule has 1 aliphatic carbocycles. The number of carbonyl (C=O) groups excluding carboxylic acids is 2. The van der Waals surface area contributed by atoms with Gasteiger partial charge in [0.15, 0.2) is 5.82 Å². The van der Waals surface area contributed by atoms with E-state index >= 15 is 0 Å². The van der Waals surface area contributed by atoms with Gasteiger partial charge in [-0.05, 0) is 61.1 Å². The van der Waals surface area contributed by atoms with Gasteiger partial charge in [-0.3, -0.25) is 9.59 Å². The highest BCUT2D eigenvalue weighted by Gasteiger charge is 2.38. The van der Waals surface area contributed by atoms with E-state index in [9.17, 15) is 9.59 Å². The fourth-order valence-electron chi connectivity index (χ4n) is 4.84. The number of tetrazole rings is 1. The van der Waals surface area contributed by atoms with Gasteiger partial charge < -0.3 is 14.8 Å². The molecule has 4 atom stereocenters. The van der Waals surface area contributed by atoms with Crippen LogP contribution >= 0.6 is 0 Å². The maximum Gasteiger partial charge on any atom is 0.323 e. The minimum atomic E-state index is -0.365. The van der Waals surface area contributed by atoms with Gasteiger partial charge in [0.25, 0.3) is 0 Å². The maximum atomic E-state index is 12.6. The zero-order chi connectivity index (χ0) is 22.2. The summed E-state index contributed by atoms with van der Waals surface area (Å²) in [5.74, 6) is 2.53. The van der Waals surface area contributed by atoms with E-state index in [1.54, 1.807) is 0 Å². The second kappa shape index (κ2) is 11.5. The highest BCUT2D eigenvalue weighted by atomic mass is 16.5. The van der Waals surface area contributed by atoms with Gasteiger partial charge in [0.1, 0.15) is 6.04 Å². The molecule has 9 heteroatoms. The van der Waals surface area contributed by atoms with E-state index in [1.165, 1.54) is 24.6 Å². The number of carbonyl (C=O) groups is 2. The number of nitrogens with zero attached hydrogens (tertiary/aromatic N) is 4. The Morgan fingerprint density at radius 1 is 1.16 bits per heavy atom. The smallest absolute Gasteiger partial charge is 0.323 e. The summed E-state index contributed by atoms with van der Waals surface area (Å²) >= 11 is 0. The SMILES string of the molecule is CCC(CC)COC(=O)[C@@H]1C[C@H]2C[C@@H](CCc3nnn(COC(C)=O)n3)CC[C@H]2CN1. The van der Waals surface area contributed by atoms with Crippen LogP contribution in [0.25, 0.3) is 0 Å². The number of piperidine rings is 1. The van der Waals surface area contributed by atoms with Crippen molar-refractivity contribution in [2.75, 3.05) is 13.2 Å². The van der Waals surface area contributed by atoms with Crippen molar-refractivity contribution in [1.29, 1.82) is 0 Å². The van der Waals surface area contributed by atoms with Crippen molar-refractivity contribution >= 4 is 11.9 Å². The molecule has 0 aromatic carbocycles.